The third-order valence-electron chi connectivity index (χ3n) is 3.20. The maximum atomic E-state index is 10.9. The molecule has 0 aromatic heterocycles. The first-order valence-corrected chi connectivity index (χ1v) is 6.31. The Bertz CT molecular complexity index is 184. The Labute approximate surface area is 92.3 Å². The minimum absolute atomic E-state index is 0.103. The van der Waals surface area contributed by atoms with Gasteiger partial charge in [-0.05, 0) is 12.8 Å². The standard InChI is InChI=1S/C12H23NO2/c14-13(15)12-10-8-6-4-2-1-3-5-7-9-11-12/h1-11H2,(H,14,15). The van der Waals surface area contributed by atoms with Crippen molar-refractivity contribution in [2.45, 2.75) is 70.6 Å². The molecule has 0 atom stereocenters. The smallest absolute Gasteiger partial charge is 0.221 e. The first-order valence-electron chi connectivity index (χ1n) is 6.31. The zero-order valence-electron chi connectivity index (χ0n) is 9.58. The van der Waals surface area contributed by atoms with Crippen LogP contribution in [0.15, 0.2) is 0 Å². The van der Waals surface area contributed by atoms with Crippen molar-refractivity contribution in [3.05, 3.63) is 5.21 Å². The van der Waals surface area contributed by atoms with Crippen LogP contribution in [0.1, 0.15) is 70.6 Å². The number of rotatable bonds is 0. The van der Waals surface area contributed by atoms with Gasteiger partial charge in [-0.1, -0.05) is 44.9 Å². The average Bonchev–Trinajstić information content (AvgIpc) is 2.18. The fourth-order valence-electron chi connectivity index (χ4n) is 2.21. The highest BCUT2D eigenvalue weighted by molar-refractivity contribution is 5.79. The predicted octanol–water partition coefficient (Wildman–Crippen LogP) is 3.63. The highest BCUT2D eigenvalue weighted by Gasteiger charge is 2.10. The lowest BCUT2D eigenvalue weighted by atomic mass is 10.00. The Morgan fingerprint density at radius 1 is 0.733 bits per heavy atom. The van der Waals surface area contributed by atoms with Gasteiger partial charge in [0.15, 0.2) is 0 Å². The summed E-state index contributed by atoms with van der Waals surface area (Å²) in [7, 11) is 0. The van der Waals surface area contributed by atoms with Crippen LogP contribution < -0.4 is 0 Å². The minimum atomic E-state index is 0.103. The summed E-state index contributed by atoms with van der Waals surface area (Å²) in [4.78, 5) is 0.103. The number of hydrogen-bond acceptors (Lipinski definition) is 2. The number of hydrogen-bond donors (Lipinski definition) is 1. The maximum Gasteiger partial charge on any atom is 0.221 e. The molecule has 1 aliphatic carbocycles. The molecule has 15 heavy (non-hydrogen) atoms. The molecule has 1 N–H and O–H groups in total. The fourth-order valence-corrected chi connectivity index (χ4v) is 2.21. The molecule has 3 heteroatoms. The van der Waals surface area contributed by atoms with Crippen LogP contribution in [0, 0.1) is 5.21 Å². The highest BCUT2D eigenvalue weighted by Crippen LogP contribution is 2.15. The van der Waals surface area contributed by atoms with Gasteiger partial charge in [-0.15, -0.1) is 0 Å². The number of nitrogens with zero attached hydrogens (tertiary/aromatic N) is 1. The van der Waals surface area contributed by atoms with Crippen LogP contribution in [0.5, 0.6) is 0 Å². The van der Waals surface area contributed by atoms with E-state index < -0.39 is 0 Å². The van der Waals surface area contributed by atoms with Crippen molar-refractivity contribution in [3.63, 3.8) is 0 Å². The molecule has 0 unspecified atom stereocenters. The van der Waals surface area contributed by atoms with Gasteiger partial charge in [0.05, 0.1) is 0 Å². The SMILES string of the molecule is [O-][N+](O)=C1CCCCCCCCCCC1. The van der Waals surface area contributed by atoms with Gasteiger partial charge in [0.25, 0.3) is 0 Å². The van der Waals surface area contributed by atoms with E-state index in [2.05, 4.69) is 0 Å². The zero-order valence-corrected chi connectivity index (χ0v) is 9.58. The van der Waals surface area contributed by atoms with Gasteiger partial charge in [0.2, 0.25) is 5.71 Å². The van der Waals surface area contributed by atoms with E-state index in [0.29, 0.717) is 5.71 Å². The summed E-state index contributed by atoms with van der Waals surface area (Å²) in [6.45, 7) is 0. The maximum absolute atomic E-state index is 10.9. The summed E-state index contributed by atoms with van der Waals surface area (Å²) in [5, 5.41) is 19.8. The minimum Gasteiger partial charge on any atom is -0.418 e. The second kappa shape index (κ2) is 7.55. The first kappa shape index (κ1) is 12.3. The van der Waals surface area contributed by atoms with Gasteiger partial charge >= 0.3 is 0 Å². The second-order valence-corrected chi connectivity index (χ2v) is 4.52. The Hall–Kier alpha value is -0.730. The molecule has 0 aliphatic heterocycles. The molecule has 0 bridgehead atoms. The summed E-state index contributed by atoms with van der Waals surface area (Å²) < 4.78 is 0. The summed E-state index contributed by atoms with van der Waals surface area (Å²) >= 11 is 0. The predicted molar refractivity (Wildman–Crippen MR) is 61.2 cm³/mol. The Kier molecular flexibility index (Phi) is 6.21. The normalized spacial score (nSPS) is 21.5. The van der Waals surface area contributed by atoms with Gasteiger partial charge < -0.3 is 5.21 Å². The molecule has 1 rings (SSSR count). The molecular weight excluding hydrogens is 190 g/mol. The van der Waals surface area contributed by atoms with Crippen LogP contribution in [-0.4, -0.2) is 15.8 Å². The second-order valence-electron chi connectivity index (χ2n) is 4.52. The molecule has 0 spiro atoms. The average molecular weight is 213 g/mol. The van der Waals surface area contributed by atoms with E-state index >= 15 is 0 Å². The van der Waals surface area contributed by atoms with Crippen LogP contribution in [0.4, 0.5) is 0 Å². The molecule has 0 radical (unpaired) electrons. The lowest BCUT2D eigenvalue weighted by molar-refractivity contribution is -0.727. The zero-order chi connectivity index (χ0) is 10.9. The van der Waals surface area contributed by atoms with Crippen LogP contribution in [0.25, 0.3) is 0 Å². The van der Waals surface area contributed by atoms with Crippen molar-refractivity contribution in [1.82, 2.24) is 0 Å². The van der Waals surface area contributed by atoms with Crippen molar-refractivity contribution in [1.29, 1.82) is 0 Å². The topological polar surface area (TPSA) is 46.3 Å². The van der Waals surface area contributed by atoms with Crippen molar-refractivity contribution in [2.24, 2.45) is 0 Å². The van der Waals surface area contributed by atoms with Crippen LogP contribution in [-0.2, 0) is 0 Å². The molecule has 0 aromatic rings. The fraction of sp³-hybridized carbons (Fsp3) is 0.917. The van der Waals surface area contributed by atoms with Gasteiger partial charge in [-0.3, -0.25) is 5.21 Å². The van der Waals surface area contributed by atoms with E-state index in [1.165, 1.54) is 44.9 Å². The van der Waals surface area contributed by atoms with E-state index in [-0.39, 0.29) is 4.90 Å². The van der Waals surface area contributed by atoms with Gasteiger partial charge in [-0.25, -0.2) is 0 Å². The molecule has 1 saturated carbocycles. The van der Waals surface area contributed by atoms with Crippen LogP contribution >= 0.6 is 0 Å². The van der Waals surface area contributed by atoms with Gasteiger partial charge in [0.1, 0.15) is 0 Å². The Morgan fingerprint density at radius 3 is 1.40 bits per heavy atom. The lowest BCUT2D eigenvalue weighted by Gasteiger charge is -2.06. The monoisotopic (exact) mass is 213 g/mol. The Morgan fingerprint density at radius 2 is 1.07 bits per heavy atom. The molecule has 1 aliphatic rings. The highest BCUT2D eigenvalue weighted by atomic mass is 16.8. The van der Waals surface area contributed by atoms with Crippen molar-refractivity contribution in [2.75, 3.05) is 0 Å². The van der Waals surface area contributed by atoms with E-state index in [1.807, 2.05) is 0 Å². The molecule has 88 valence electrons. The lowest BCUT2D eigenvalue weighted by Crippen LogP contribution is -2.12. The van der Waals surface area contributed by atoms with Gasteiger partial charge in [0, 0.05) is 17.7 Å². The van der Waals surface area contributed by atoms with E-state index in [4.69, 9.17) is 5.21 Å². The molecule has 1 fully saturated rings. The Balaban J connectivity index is 2.36. The molecule has 0 saturated heterocycles. The van der Waals surface area contributed by atoms with Crippen LogP contribution in [0.2, 0.25) is 0 Å². The third kappa shape index (κ3) is 5.65. The summed E-state index contributed by atoms with van der Waals surface area (Å²) in [5.41, 5.74) is 0.676. The molecule has 3 nitrogen and oxygen atoms in total. The van der Waals surface area contributed by atoms with E-state index in [1.54, 1.807) is 0 Å². The molecular formula is C12H23NO2. The molecule has 0 heterocycles. The summed E-state index contributed by atoms with van der Waals surface area (Å²) in [5.74, 6) is 0. The van der Waals surface area contributed by atoms with Gasteiger partial charge in [-0.2, -0.15) is 0 Å². The van der Waals surface area contributed by atoms with Crippen LogP contribution in [0.3, 0.4) is 0 Å². The summed E-state index contributed by atoms with van der Waals surface area (Å²) in [6.07, 6.45) is 12.6. The largest absolute Gasteiger partial charge is 0.418 e. The van der Waals surface area contributed by atoms with Crippen molar-refractivity contribution >= 4 is 5.71 Å². The summed E-state index contributed by atoms with van der Waals surface area (Å²) in [6, 6.07) is 0. The van der Waals surface area contributed by atoms with E-state index in [0.717, 1.165) is 25.7 Å². The first-order chi connectivity index (χ1) is 7.30. The molecule has 0 amide bonds. The molecule has 0 aromatic carbocycles. The van der Waals surface area contributed by atoms with E-state index in [9.17, 15) is 5.21 Å². The van der Waals surface area contributed by atoms with Crippen molar-refractivity contribution < 1.29 is 10.1 Å². The third-order valence-corrected chi connectivity index (χ3v) is 3.20. The van der Waals surface area contributed by atoms with Crippen molar-refractivity contribution in [3.8, 4) is 0 Å². The quantitative estimate of drug-likeness (QED) is 0.379.